The third-order valence-corrected chi connectivity index (χ3v) is 3.30. The van der Waals surface area contributed by atoms with Crippen LogP contribution < -0.4 is 10.1 Å². The summed E-state index contributed by atoms with van der Waals surface area (Å²) in [5.74, 6) is -0.00524. The first-order valence-electron chi connectivity index (χ1n) is 7.00. The van der Waals surface area contributed by atoms with Gasteiger partial charge in [-0.15, -0.1) is 0 Å². The number of nitrogens with one attached hydrogen (secondary N) is 1. The lowest BCUT2D eigenvalue weighted by molar-refractivity contribution is 0.340. The van der Waals surface area contributed by atoms with Crippen LogP contribution in [0.3, 0.4) is 0 Å². The fraction of sp³-hybridized carbons (Fsp3) is 0.294. The molecule has 0 radical (unpaired) electrons. The van der Waals surface area contributed by atoms with E-state index >= 15 is 0 Å². The molecule has 0 heterocycles. The molecule has 0 aromatic heterocycles. The van der Waals surface area contributed by atoms with Crippen molar-refractivity contribution >= 4 is 0 Å². The smallest absolute Gasteiger partial charge is 0.127 e. The average Bonchev–Trinajstić information content (AvgIpc) is 2.49. The van der Waals surface area contributed by atoms with E-state index in [0.717, 1.165) is 23.4 Å². The molecule has 2 aromatic carbocycles. The van der Waals surface area contributed by atoms with E-state index in [-0.39, 0.29) is 12.6 Å². The van der Waals surface area contributed by atoms with Crippen molar-refractivity contribution in [3.05, 3.63) is 65.2 Å². The highest BCUT2D eigenvalue weighted by Gasteiger charge is 2.08. The number of hydrogen-bond donors (Lipinski definition) is 1. The molecule has 0 bridgehead atoms. The van der Waals surface area contributed by atoms with E-state index in [0.29, 0.717) is 12.2 Å². The topological polar surface area (TPSA) is 21.3 Å². The minimum Gasteiger partial charge on any atom is -0.494 e. The van der Waals surface area contributed by atoms with Crippen LogP contribution in [-0.2, 0) is 6.54 Å². The summed E-state index contributed by atoms with van der Waals surface area (Å²) in [6.07, 6.45) is 0. The Bertz CT molecular complexity index is 584. The van der Waals surface area contributed by atoms with Crippen LogP contribution in [0.25, 0.3) is 0 Å². The zero-order valence-corrected chi connectivity index (χ0v) is 12.2. The van der Waals surface area contributed by atoms with E-state index in [1.807, 2.05) is 38.1 Å². The lowest BCUT2D eigenvalue weighted by atomic mass is 10.1. The molecular weight excluding hydrogens is 272 g/mol. The summed E-state index contributed by atoms with van der Waals surface area (Å²) >= 11 is 0. The van der Waals surface area contributed by atoms with Gasteiger partial charge in [0.2, 0.25) is 0 Å². The van der Waals surface area contributed by atoms with Crippen LogP contribution >= 0.6 is 0 Å². The summed E-state index contributed by atoms with van der Waals surface area (Å²) in [6.45, 7) is 4.82. The van der Waals surface area contributed by atoms with Crippen LogP contribution in [0, 0.1) is 11.6 Å². The quantitative estimate of drug-likeness (QED) is 0.860. The van der Waals surface area contributed by atoms with Crippen molar-refractivity contribution in [3.8, 4) is 5.75 Å². The van der Waals surface area contributed by atoms with E-state index < -0.39 is 11.6 Å². The molecule has 1 N–H and O–H groups in total. The van der Waals surface area contributed by atoms with Crippen molar-refractivity contribution in [2.75, 3.05) is 6.61 Å². The molecule has 0 aliphatic rings. The Balaban J connectivity index is 1.97. The van der Waals surface area contributed by atoms with E-state index in [1.165, 1.54) is 6.07 Å². The van der Waals surface area contributed by atoms with E-state index in [4.69, 9.17) is 4.74 Å². The van der Waals surface area contributed by atoms with Gasteiger partial charge in [-0.2, -0.15) is 0 Å². The monoisotopic (exact) mass is 291 g/mol. The van der Waals surface area contributed by atoms with Crippen molar-refractivity contribution in [3.63, 3.8) is 0 Å². The van der Waals surface area contributed by atoms with E-state index in [9.17, 15) is 8.78 Å². The Hall–Kier alpha value is -1.94. The van der Waals surface area contributed by atoms with Crippen molar-refractivity contribution in [1.82, 2.24) is 5.32 Å². The molecule has 0 aliphatic carbocycles. The summed E-state index contributed by atoms with van der Waals surface area (Å²) in [7, 11) is 0. The highest BCUT2D eigenvalue weighted by molar-refractivity contribution is 5.29. The van der Waals surface area contributed by atoms with Gasteiger partial charge in [-0.25, -0.2) is 8.78 Å². The van der Waals surface area contributed by atoms with Gasteiger partial charge in [0.05, 0.1) is 6.61 Å². The first-order chi connectivity index (χ1) is 10.1. The van der Waals surface area contributed by atoms with Crippen LogP contribution in [0.1, 0.15) is 31.0 Å². The van der Waals surface area contributed by atoms with Gasteiger partial charge in [0.1, 0.15) is 17.4 Å². The van der Waals surface area contributed by atoms with Crippen LogP contribution in [-0.4, -0.2) is 6.61 Å². The molecule has 0 saturated carbocycles. The molecule has 1 unspecified atom stereocenters. The Morgan fingerprint density at radius 2 is 1.81 bits per heavy atom. The second-order valence-corrected chi connectivity index (χ2v) is 4.84. The van der Waals surface area contributed by atoms with E-state index in [2.05, 4.69) is 5.32 Å². The predicted octanol–water partition coefficient (Wildman–Crippen LogP) is 4.21. The molecule has 0 amide bonds. The zero-order chi connectivity index (χ0) is 15.2. The first kappa shape index (κ1) is 15.4. The molecule has 1 atom stereocenters. The predicted molar refractivity (Wildman–Crippen MR) is 79.2 cm³/mol. The van der Waals surface area contributed by atoms with Gasteiger partial charge in [0, 0.05) is 18.2 Å². The van der Waals surface area contributed by atoms with Crippen LogP contribution in [0.5, 0.6) is 5.75 Å². The third kappa shape index (κ3) is 4.26. The molecule has 0 fully saturated rings. The minimum atomic E-state index is -0.429. The fourth-order valence-electron chi connectivity index (χ4n) is 2.08. The van der Waals surface area contributed by atoms with Crippen molar-refractivity contribution < 1.29 is 13.5 Å². The van der Waals surface area contributed by atoms with Gasteiger partial charge in [0.25, 0.3) is 0 Å². The molecule has 0 aliphatic heterocycles. The Morgan fingerprint density at radius 1 is 1.10 bits per heavy atom. The van der Waals surface area contributed by atoms with Gasteiger partial charge < -0.3 is 10.1 Å². The lowest BCUT2D eigenvalue weighted by Crippen LogP contribution is -2.18. The molecule has 112 valence electrons. The summed E-state index contributed by atoms with van der Waals surface area (Å²) in [4.78, 5) is 0. The maximum atomic E-state index is 13.5. The number of ether oxygens (including phenoxy) is 1. The first-order valence-corrected chi connectivity index (χ1v) is 7.00. The Kier molecular flexibility index (Phi) is 5.28. The molecule has 0 saturated heterocycles. The summed E-state index contributed by atoms with van der Waals surface area (Å²) in [5, 5.41) is 3.19. The van der Waals surface area contributed by atoms with Crippen LogP contribution in [0.2, 0.25) is 0 Å². The van der Waals surface area contributed by atoms with Gasteiger partial charge >= 0.3 is 0 Å². The van der Waals surface area contributed by atoms with Crippen molar-refractivity contribution in [2.24, 2.45) is 0 Å². The summed E-state index contributed by atoms with van der Waals surface area (Å²) < 4.78 is 32.0. The molecule has 2 rings (SSSR count). The molecule has 2 nitrogen and oxygen atoms in total. The normalized spacial score (nSPS) is 12.2. The van der Waals surface area contributed by atoms with Gasteiger partial charge in [-0.1, -0.05) is 12.1 Å². The Labute approximate surface area is 123 Å². The number of benzene rings is 2. The lowest BCUT2D eigenvalue weighted by Gasteiger charge is -2.15. The van der Waals surface area contributed by atoms with Crippen molar-refractivity contribution in [1.29, 1.82) is 0 Å². The molecule has 21 heavy (non-hydrogen) atoms. The molecular formula is C17H19F2NO. The second kappa shape index (κ2) is 7.18. The second-order valence-electron chi connectivity index (χ2n) is 4.84. The van der Waals surface area contributed by atoms with Gasteiger partial charge in [-0.05, 0) is 49.7 Å². The molecule has 0 spiro atoms. The van der Waals surface area contributed by atoms with Crippen molar-refractivity contribution in [2.45, 2.75) is 26.4 Å². The molecule has 4 heteroatoms. The standard InChI is InChI=1S/C17H19F2NO/c1-3-21-16-7-4-13(5-8-16)12(2)20-11-14-10-15(18)6-9-17(14)19/h4-10,12,20H,3,11H2,1-2H3. The van der Waals surface area contributed by atoms with Gasteiger partial charge in [0.15, 0.2) is 0 Å². The number of rotatable bonds is 6. The highest BCUT2D eigenvalue weighted by Crippen LogP contribution is 2.18. The Morgan fingerprint density at radius 3 is 2.48 bits per heavy atom. The maximum Gasteiger partial charge on any atom is 0.127 e. The van der Waals surface area contributed by atoms with E-state index in [1.54, 1.807) is 0 Å². The number of halogens is 2. The summed E-state index contributed by atoms with van der Waals surface area (Å²) in [6, 6.07) is 11.2. The zero-order valence-electron chi connectivity index (χ0n) is 12.2. The minimum absolute atomic E-state index is 0.0309. The van der Waals surface area contributed by atoms with Crippen LogP contribution in [0.15, 0.2) is 42.5 Å². The third-order valence-electron chi connectivity index (χ3n) is 3.30. The van der Waals surface area contributed by atoms with Gasteiger partial charge in [-0.3, -0.25) is 0 Å². The largest absolute Gasteiger partial charge is 0.494 e. The molecule has 2 aromatic rings. The SMILES string of the molecule is CCOc1ccc(C(C)NCc2cc(F)ccc2F)cc1. The summed E-state index contributed by atoms with van der Waals surface area (Å²) in [5.41, 5.74) is 1.39. The highest BCUT2D eigenvalue weighted by atomic mass is 19.1. The fourth-order valence-corrected chi connectivity index (χ4v) is 2.08. The average molecular weight is 291 g/mol. The van der Waals surface area contributed by atoms with Crippen LogP contribution in [0.4, 0.5) is 8.78 Å². The number of hydrogen-bond acceptors (Lipinski definition) is 2. The maximum absolute atomic E-state index is 13.5.